The first kappa shape index (κ1) is 26.9. The third-order valence-electron chi connectivity index (χ3n) is 6.22. The van der Waals surface area contributed by atoms with Crippen molar-refractivity contribution < 1.29 is 38.3 Å². The molecule has 2 aliphatic heterocycles. The maximum atomic E-state index is 13.1. The maximum absolute atomic E-state index is 13.1. The zero-order valence-electron chi connectivity index (χ0n) is 21.1. The lowest BCUT2D eigenvalue weighted by Gasteiger charge is -2.37. The van der Waals surface area contributed by atoms with Crippen LogP contribution in [0.15, 0.2) is 60.4 Å². The van der Waals surface area contributed by atoms with E-state index in [2.05, 4.69) is 5.32 Å². The van der Waals surface area contributed by atoms with Crippen LogP contribution >= 0.6 is 0 Å². The van der Waals surface area contributed by atoms with Gasteiger partial charge in [-0.1, -0.05) is 36.4 Å². The zero-order valence-corrected chi connectivity index (χ0v) is 21.1. The van der Waals surface area contributed by atoms with Crippen LogP contribution in [-0.2, 0) is 30.3 Å². The van der Waals surface area contributed by atoms with Gasteiger partial charge in [0.05, 0.1) is 26.4 Å². The maximum Gasteiger partial charge on any atom is 0.286 e. The summed E-state index contributed by atoms with van der Waals surface area (Å²) in [6.07, 6.45) is 1.87. The predicted octanol–water partition coefficient (Wildman–Crippen LogP) is 3.12. The van der Waals surface area contributed by atoms with Gasteiger partial charge in [-0.05, 0) is 42.7 Å². The summed E-state index contributed by atoms with van der Waals surface area (Å²) in [5.41, 5.74) is 1.97. The van der Waals surface area contributed by atoms with E-state index in [1.54, 1.807) is 0 Å². The van der Waals surface area contributed by atoms with Gasteiger partial charge in [-0.15, -0.1) is 0 Å². The molecule has 200 valence electrons. The third-order valence-corrected chi connectivity index (χ3v) is 6.22. The van der Waals surface area contributed by atoms with E-state index in [1.807, 2.05) is 61.5 Å². The summed E-state index contributed by atoms with van der Waals surface area (Å²) < 4.78 is 34.2. The fourth-order valence-electron chi connectivity index (χ4n) is 4.41. The molecule has 0 bridgehead atoms. The Balaban J connectivity index is 1.51. The summed E-state index contributed by atoms with van der Waals surface area (Å²) >= 11 is 0. The van der Waals surface area contributed by atoms with Crippen molar-refractivity contribution in [2.24, 2.45) is 5.92 Å². The fourth-order valence-corrected chi connectivity index (χ4v) is 4.41. The highest BCUT2D eigenvalue weighted by atomic mass is 16.7. The smallest absolute Gasteiger partial charge is 0.286 e. The number of rotatable bonds is 14. The first-order valence-corrected chi connectivity index (χ1v) is 12.7. The molecule has 0 aromatic heterocycles. The van der Waals surface area contributed by atoms with Crippen LogP contribution in [0.5, 0.6) is 11.5 Å². The number of amides is 1. The van der Waals surface area contributed by atoms with Crippen molar-refractivity contribution in [2.75, 3.05) is 46.4 Å². The van der Waals surface area contributed by atoms with Gasteiger partial charge in [0.2, 0.25) is 13.1 Å². The number of allylic oxidation sites excluding steroid dienone is 1. The molecular weight excluding hydrogens is 478 g/mol. The Kier molecular flexibility index (Phi) is 10.2. The molecule has 3 atom stereocenters. The van der Waals surface area contributed by atoms with Crippen molar-refractivity contribution in [3.63, 3.8) is 0 Å². The van der Waals surface area contributed by atoms with Crippen molar-refractivity contribution in [1.29, 1.82) is 0 Å². The third kappa shape index (κ3) is 7.45. The molecule has 2 N–H and O–H groups in total. The van der Waals surface area contributed by atoms with Crippen molar-refractivity contribution in [2.45, 2.75) is 32.1 Å². The molecule has 2 heterocycles. The average Bonchev–Trinajstić information content (AvgIpc) is 3.40. The lowest BCUT2D eigenvalue weighted by molar-refractivity contribution is -0.168. The Morgan fingerprint density at radius 2 is 1.81 bits per heavy atom. The van der Waals surface area contributed by atoms with Gasteiger partial charge in [-0.25, -0.2) is 0 Å². The number of fused-ring (bicyclic) bond motifs is 1. The molecule has 2 aromatic carbocycles. The number of ether oxygens (including phenoxy) is 6. The molecule has 2 aromatic rings. The van der Waals surface area contributed by atoms with Crippen molar-refractivity contribution >= 4 is 5.91 Å². The summed E-state index contributed by atoms with van der Waals surface area (Å²) in [7, 11) is 0. The van der Waals surface area contributed by atoms with Gasteiger partial charge in [0, 0.05) is 31.6 Å². The van der Waals surface area contributed by atoms with Gasteiger partial charge in [0.15, 0.2) is 17.3 Å². The van der Waals surface area contributed by atoms with Crippen LogP contribution in [0.1, 0.15) is 30.4 Å². The highest BCUT2D eigenvalue weighted by Crippen LogP contribution is 2.42. The molecule has 2 aliphatic rings. The Hall–Kier alpha value is -3.11. The van der Waals surface area contributed by atoms with Gasteiger partial charge in [0.25, 0.3) is 5.91 Å². The summed E-state index contributed by atoms with van der Waals surface area (Å²) in [4.78, 5) is 13.1. The van der Waals surface area contributed by atoms with Crippen LogP contribution < -0.4 is 14.8 Å². The number of nitrogens with one attached hydrogen (secondary N) is 1. The quantitative estimate of drug-likeness (QED) is 0.372. The lowest BCUT2D eigenvalue weighted by atomic mass is 9.81. The van der Waals surface area contributed by atoms with Gasteiger partial charge in [0.1, 0.15) is 0 Å². The monoisotopic (exact) mass is 513 g/mol. The van der Waals surface area contributed by atoms with E-state index in [4.69, 9.17) is 33.5 Å². The number of carbonyl (C=O) groups excluding carboxylic acids is 1. The highest BCUT2D eigenvalue weighted by Gasteiger charge is 2.38. The highest BCUT2D eigenvalue weighted by molar-refractivity contribution is 5.91. The van der Waals surface area contributed by atoms with Gasteiger partial charge in [-0.3, -0.25) is 4.79 Å². The molecule has 0 fully saturated rings. The molecule has 4 rings (SSSR count). The first-order valence-electron chi connectivity index (χ1n) is 12.7. The summed E-state index contributed by atoms with van der Waals surface area (Å²) in [6, 6.07) is 15.5. The standard InChI is InChI=1S/C28H35NO8/c1-2-34-28-22(10-12-32-14-15-33-13-11-30)23(21-8-9-24-25(16-21)36-19-35-24)17-26(37-28)27(31)29-18-20-6-4-3-5-7-20/h3-9,16-17,22-23,28,30H,2,10-15,18-19H2,1H3,(H,29,31). The number of aliphatic hydroxyl groups is 1. The fraction of sp³-hybridized carbons (Fsp3) is 0.464. The molecular formula is C28H35NO8. The molecule has 3 unspecified atom stereocenters. The van der Waals surface area contributed by atoms with E-state index in [1.165, 1.54) is 0 Å². The zero-order chi connectivity index (χ0) is 25.9. The van der Waals surface area contributed by atoms with Crippen LogP contribution in [-0.4, -0.2) is 63.7 Å². The molecule has 0 saturated heterocycles. The van der Waals surface area contributed by atoms with Gasteiger partial charge in [-0.2, -0.15) is 0 Å². The Bertz CT molecular complexity index is 1030. The van der Waals surface area contributed by atoms with E-state index in [0.29, 0.717) is 57.5 Å². The molecule has 0 aliphatic carbocycles. The van der Waals surface area contributed by atoms with Crippen LogP contribution in [0, 0.1) is 5.92 Å². The van der Waals surface area contributed by atoms with Crippen molar-refractivity contribution in [3.05, 3.63) is 71.5 Å². The molecule has 9 nitrogen and oxygen atoms in total. The van der Waals surface area contributed by atoms with E-state index in [0.717, 1.165) is 11.1 Å². The van der Waals surface area contributed by atoms with Gasteiger partial charge >= 0.3 is 0 Å². The Labute approximate surface area is 217 Å². The van der Waals surface area contributed by atoms with Crippen molar-refractivity contribution in [3.8, 4) is 11.5 Å². The Morgan fingerprint density at radius 1 is 1.03 bits per heavy atom. The molecule has 0 saturated carbocycles. The molecule has 1 amide bonds. The van der Waals surface area contributed by atoms with E-state index in [9.17, 15) is 4.79 Å². The summed E-state index contributed by atoms with van der Waals surface area (Å²) in [5, 5.41) is 11.8. The minimum absolute atomic E-state index is 0.0136. The summed E-state index contributed by atoms with van der Waals surface area (Å²) in [5.74, 6) is 1.03. The normalized spacial score (nSPS) is 20.3. The molecule has 37 heavy (non-hydrogen) atoms. The minimum Gasteiger partial charge on any atom is -0.459 e. The number of carbonyl (C=O) groups is 1. The molecule has 9 heteroatoms. The van der Waals surface area contributed by atoms with Crippen LogP contribution in [0.3, 0.4) is 0 Å². The second-order valence-corrected chi connectivity index (χ2v) is 8.68. The molecule has 0 spiro atoms. The second-order valence-electron chi connectivity index (χ2n) is 8.68. The van der Waals surface area contributed by atoms with Gasteiger partial charge < -0.3 is 38.8 Å². The number of benzene rings is 2. The van der Waals surface area contributed by atoms with E-state index >= 15 is 0 Å². The SMILES string of the molecule is CCOC1OC(C(=O)NCc2ccccc2)=CC(c2ccc3c(c2)OCO3)C1CCOCCOCCO. The average molecular weight is 514 g/mol. The van der Waals surface area contributed by atoms with E-state index in [-0.39, 0.29) is 36.9 Å². The topological polar surface area (TPSA) is 105 Å². The summed E-state index contributed by atoms with van der Waals surface area (Å²) in [6.45, 7) is 4.49. The number of hydrogen-bond donors (Lipinski definition) is 2. The lowest BCUT2D eigenvalue weighted by Crippen LogP contribution is -2.39. The van der Waals surface area contributed by atoms with Crippen LogP contribution in [0.4, 0.5) is 0 Å². The van der Waals surface area contributed by atoms with Crippen molar-refractivity contribution in [1.82, 2.24) is 5.32 Å². The van der Waals surface area contributed by atoms with Crippen LogP contribution in [0.2, 0.25) is 0 Å². The first-order chi connectivity index (χ1) is 18.2. The second kappa shape index (κ2) is 14.0. The number of hydrogen-bond acceptors (Lipinski definition) is 8. The Morgan fingerprint density at radius 3 is 2.59 bits per heavy atom. The predicted molar refractivity (Wildman–Crippen MR) is 135 cm³/mol. The van der Waals surface area contributed by atoms with Crippen LogP contribution in [0.25, 0.3) is 0 Å². The van der Waals surface area contributed by atoms with E-state index < -0.39 is 6.29 Å². The minimum atomic E-state index is -0.628. The largest absolute Gasteiger partial charge is 0.459 e. The number of aliphatic hydroxyl groups excluding tert-OH is 1. The molecule has 0 radical (unpaired) electrons.